The van der Waals surface area contributed by atoms with Gasteiger partial charge in [-0.3, -0.25) is 4.55 Å². The van der Waals surface area contributed by atoms with Crippen molar-refractivity contribution in [2.45, 2.75) is 50.6 Å². The van der Waals surface area contributed by atoms with Crippen molar-refractivity contribution in [3.8, 4) is 0 Å². The van der Waals surface area contributed by atoms with Crippen molar-refractivity contribution in [2.24, 2.45) is 0 Å². The normalized spacial score (nSPS) is 30.1. The molecule has 0 aromatic rings. The number of epoxide rings is 1. The third kappa shape index (κ3) is 2.93. The fourth-order valence-electron chi connectivity index (χ4n) is 1.38. The number of ether oxygens (including phenoxy) is 1. The molecule has 1 aliphatic heterocycles. The first-order valence-electron chi connectivity index (χ1n) is 4.58. The van der Waals surface area contributed by atoms with Gasteiger partial charge in [-0.25, -0.2) is 0 Å². The predicted molar refractivity (Wildman–Crippen MR) is 49.2 cm³/mol. The number of hydrogen-bond donors (Lipinski definition) is 1. The van der Waals surface area contributed by atoms with Crippen LogP contribution in [0.2, 0.25) is 0 Å². The van der Waals surface area contributed by atoms with Crippen molar-refractivity contribution >= 4 is 10.1 Å². The summed E-state index contributed by atoms with van der Waals surface area (Å²) in [4.78, 5) is 0. The summed E-state index contributed by atoms with van der Waals surface area (Å²) in [6, 6.07) is 0. The van der Waals surface area contributed by atoms with Crippen LogP contribution in [0.5, 0.6) is 0 Å². The van der Waals surface area contributed by atoms with Crippen molar-refractivity contribution in [1.29, 1.82) is 0 Å². The molecule has 1 aliphatic rings. The Balaban J connectivity index is 2.34. The van der Waals surface area contributed by atoms with Crippen LogP contribution in [0.15, 0.2) is 0 Å². The summed E-state index contributed by atoms with van der Waals surface area (Å²) >= 11 is 0. The standard InChI is InChI=1S/C8H16O4S/c1-3-4-5-7-8(12-7)6(2)13(9,10)11/h6-8H,3-5H2,1-2H3,(H,9,10,11)/t6?,7-,8+/m0/s1. The van der Waals surface area contributed by atoms with Gasteiger partial charge in [-0.1, -0.05) is 19.8 Å². The predicted octanol–water partition coefficient (Wildman–Crippen LogP) is 1.22. The highest BCUT2D eigenvalue weighted by Gasteiger charge is 2.46. The largest absolute Gasteiger partial charge is 0.368 e. The summed E-state index contributed by atoms with van der Waals surface area (Å²) < 4.78 is 35.3. The molecule has 4 nitrogen and oxygen atoms in total. The lowest BCUT2D eigenvalue weighted by Gasteiger charge is -2.02. The second-order valence-corrected chi connectivity index (χ2v) is 5.27. The molecule has 78 valence electrons. The van der Waals surface area contributed by atoms with Gasteiger partial charge in [-0.15, -0.1) is 0 Å². The fraction of sp³-hybridized carbons (Fsp3) is 1.00. The summed E-state index contributed by atoms with van der Waals surface area (Å²) in [6.07, 6.45) is 2.76. The van der Waals surface area contributed by atoms with E-state index >= 15 is 0 Å². The molecule has 1 N–H and O–H groups in total. The third-order valence-corrected chi connectivity index (χ3v) is 3.60. The van der Waals surface area contributed by atoms with E-state index in [1.54, 1.807) is 0 Å². The quantitative estimate of drug-likeness (QED) is 0.545. The van der Waals surface area contributed by atoms with Gasteiger partial charge in [0.2, 0.25) is 0 Å². The van der Waals surface area contributed by atoms with Gasteiger partial charge in [-0.05, 0) is 13.3 Å². The Morgan fingerprint density at radius 2 is 2.15 bits per heavy atom. The van der Waals surface area contributed by atoms with Gasteiger partial charge in [0.15, 0.2) is 0 Å². The smallest absolute Gasteiger partial charge is 0.270 e. The first-order valence-corrected chi connectivity index (χ1v) is 6.09. The van der Waals surface area contributed by atoms with E-state index in [0.717, 1.165) is 19.3 Å². The lowest BCUT2D eigenvalue weighted by molar-refractivity contribution is 0.351. The van der Waals surface area contributed by atoms with Gasteiger partial charge in [0.1, 0.15) is 11.4 Å². The Labute approximate surface area is 79.0 Å². The maximum atomic E-state index is 10.7. The van der Waals surface area contributed by atoms with Gasteiger partial charge in [0.25, 0.3) is 10.1 Å². The molecular formula is C8H16O4S. The van der Waals surface area contributed by atoms with Gasteiger partial charge < -0.3 is 4.74 Å². The van der Waals surface area contributed by atoms with Crippen LogP contribution >= 0.6 is 0 Å². The lowest BCUT2D eigenvalue weighted by Crippen LogP contribution is -2.24. The van der Waals surface area contributed by atoms with E-state index in [1.165, 1.54) is 6.92 Å². The van der Waals surface area contributed by atoms with E-state index in [9.17, 15) is 8.42 Å². The summed E-state index contributed by atoms with van der Waals surface area (Å²) in [5.74, 6) is 0. The summed E-state index contributed by atoms with van der Waals surface area (Å²) in [5, 5.41) is -0.783. The molecule has 0 aliphatic carbocycles. The van der Waals surface area contributed by atoms with Crippen molar-refractivity contribution in [3.63, 3.8) is 0 Å². The lowest BCUT2D eigenvalue weighted by atomic mass is 10.1. The minimum Gasteiger partial charge on any atom is -0.368 e. The number of rotatable bonds is 5. The molecule has 1 fully saturated rings. The molecule has 1 heterocycles. The Morgan fingerprint density at radius 1 is 1.54 bits per heavy atom. The minimum absolute atomic E-state index is 0.0388. The van der Waals surface area contributed by atoms with Crippen molar-refractivity contribution < 1.29 is 17.7 Å². The summed E-state index contributed by atoms with van der Waals surface area (Å²) in [7, 11) is -3.92. The molecule has 0 bridgehead atoms. The number of hydrogen-bond acceptors (Lipinski definition) is 3. The van der Waals surface area contributed by atoms with E-state index in [2.05, 4.69) is 6.92 Å². The monoisotopic (exact) mass is 208 g/mol. The molecule has 5 heteroatoms. The fourth-order valence-corrected chi connectivity index (χ4v) is 1.95. The van der Waals surface area contributed by atoms with Gasteiger partial charge in [0.05, 0.1) is 6.10 Å². The van der Waals surface area contributed by atoms with Crippen LogP contribution in [0.3, 0.4) is 0 Å². The summed E-state index contributed by atoms with van der Waals surface area (Å²) in [5.41, 5.74) is 0. The molecule has 1 saturated heterocycles. The van der Waals surface area contributed by atoms with E-state index in [0.29, 0.717) is 0 Å². The average molecular weight is 208 g/mol. The SMILES string of the molecule is CCCC[C@@H]1O[C@@H]1C(C)S(=O)(=O)O. The summed E-state index contributed by atoms with van der Waals surface area (Å²) in [6.45, 7) is 3.55. The van der Waals surface area contributed by atoms with Crippen LogP contribution in [0.25, 0.3) is 0 Å². The molecule has 13 heavy (non-hydrogen) atoms. The van der Waals surface area contributed by atoms with E-state index in [4.69, 9.17) is 9.29 Å². The van der Waals surface area contributed by atoms with Crippen LogP contribution in [0.1, 0.15) is 33.1 Å². The molecule has 1 unspecified atom stereocenters. The van der Waals surface area contributed by atoms with Crippen molar-refractivity contribution in [2.75, 3.05) is 0 Å². The Hall–Kier alpha value is -0.130. The molecule has 0 aromatic heterocycles. The molecule has 0 saturated carbocycles. The van der Waals surface area contributed by atoms with Gasteiger partial charge in [-0.2, -0.15) is 8.42 Å². The van der Waals surface area contributed by atoms with Crippen LogP contribution in [0, 0.1) is 0 Å². The first-order chi connectivity index (χ1) is 5.96. The third-order valence-electron chi connectivity index (χ3n) is 2.40. The maximum Gasteiger partial charge on any atom is 0.270 e. The molecule has 0 spiro atoms. The van der Waals surface area contributed by atoms with Gasteiger partial charge >= 0.3 is 0 Å². The second kappa shape index (κ2) is 3.94. The Bertz CT molecular complexity index is 259. The zero-order valence-corrected chi connectivity index (χ0v) is 8.75. The molecule has 1 rings (SSSR count). The van der Waals surface area contributed by atoms with Crippen molar-refractivity contribution in [1.82, 2.24) is 0 Å². The maximum absolute atomic E-state index is 10.7. The zero-order valence-electron chi connectivity index (χ0n) is 7.93. The molecule has 0 radical (unpaired) electrons. The van der Waals surface area contributed by atoms with Gasteiger partial charge in [0, 0.05) is 0 Å². The highest BCUT2D eigenvalue weighted by Crippen LogP contribution is 2.32. The highest BCUT2D eigenvalue weighted by atomic mass is 32.2. The Morgan fingerprint density at radius 3 is 2.62 bits per heavy atom. The number of unbranched alkanes of at least 4 members (excludes halogenated alkanes) is 1. The van der Waals surface area contributed by atoms with E-state index < -0.39 is 15.4 Å². The van der Waals surface area contributed by atoms with Crippen molar-refractivity contribution in [3.05, 3.63) is 0 Å². The highest BCUT2D eigenvalue weighted by molar-refractivity contribution is 7.86. The molecule has 0 amide bonds. The Kier molecular flexibility index (Phi) is 3.32. The molecule has 3 atom stereocenters. The topological polar surface area (TPSA) is 66.9 Å². The van der Waals surface area contributed by atoms with Crippen LogP contribution in [0.4, 0.5) is 0 Å². The second-order valence-electron chi connectivity index (χ2n) is 3.50. The van der Waals surface area contributed by atoms with Crippen LogP contribution in [-0.4, -0.2) is 30.4 Å². The van der Waals surface area contributed by atoms with Crippen LogP contribution in [-0.2, 0) is 14.9 Å². The molecule has 0 aromatic carbocycles. The molecular weight excluding hydrogens is 192 g/mol. The zero-order chi connectivity index (χ0) is 10.1. The average Bonchev–Trinajstić information content (AvgIpc) is 2.76. The first kappa shape index (κ1) is 10.9. The minimum atomic E-state index is -3.92. The van der Waals surface area contributed by atoms with E-state index in [-0.39, 0.29) is 12.2 Å². The van der Waals surface area contributed by atoms with E-state index in [1.807, 2.05) is 0 Å². The van der Waals surface area contributed by atoms with Crippen LogP contribution < -0.4 is 0 Å².